The zero-order valence-electron chi connectivity index (χ0n) is 10.2. The molecule has 0 aromatic rings. The number of rotatable bonds is 1. The van der Waals surface area contributed by atoms with Crippen LogP contribution in [-0.4, -0.2) is 39.8 Å². The fourth-order valence-corrected chi connectivity index (χ4v) is 1.91. The molecular formula is C11H19NO4. The minimum absolute atomic E-state index is 0.116. The molecule has 16 heavy (non-hydrogen) atoms. The third-order valence-corrected chi connectivity index (χ3v) is 2.57. The maximum atomic E-state index is 11.8. The lowest BCUT2D eigenvalue weighted by atomic mass is 10.1. The van der Waals surface area contributed by atoms with Crippen LogP contribution in [-0.2, 0) is 9.53 Å². The summed E-state index contributed by atoms with van der Waals surface area (Å²) in [6.07, 6.45) is 0.194. The molecule has 5 nitrogen and oxygen atoms in total. The number of ether oxygens (including phenoxy) is 1. The predicted octanol–water partition coefficient (Wildman–Crippen LogP) is 1.86. The van der Waals surface area contributed by atoms with Crippen LogP contribution in [0.25, 0.3) is 0 Å². The zero-order valence-corrected chi connectivity index (χ0v) is 10.2. The predicted molar refractivity (Wildman–Crippen MR) is 58.2 cm³/mol. The molecule has 0 bridgehead atoms. The van der Waals surface area contributed by atoms with Crippen LogP contribution in [0.1, 0.15) is 40.5 Å². The van der Waals surface area contributed by atoms with E-state index in [-0.39, 0.29) is 6.04 Å². The van der Waals surface area contributed by atoms with E-state index < -0.39 is 23.7 Å². The monoisotopic (exact) mass is 229 g/mol. The quantitative estimate of drug-likeness (QED) is 0.697. The second-order valence-electron chi connectivity index (χ2n) is 5.17. The summed E-state index contributed by atoms with van der Waals surface area (Å²) in [5.41, 5.74) is -0.576. The van der Waals surface area contributed by atoms with E-state index in [9.17, 15) is 9.59 Å². The maximum Gasteiger partial charge on any atom is 0.408 e. The van der Waals surface area contributed by atoms with E-state index in [1.165, 1.54) is 4.90 Å². The van der Waals surface area contributed by atoms with E-state index >= 15 is 0 Å². The topological polar surface area (TPSA) is 66.8 Å². The lowest BCUT2D eigenvalue weighted by molar-refractivity contribution is -0.160. The van der Waals surface area contributed by atoms with Crippen molar-refractivity contribution in [3.8, 4) is 0 Å². The van der Waals surface area contributed by atoms with Crippen molar-refractivity contribution in [1.29, 1.82) is 0 Å². The number of carboxylic acid groups (broad SMARTS) is 1. The van der Waals surface area contributed by atoms with Crippen molar-refractivity contribution in [3.63, 3.8) is 0 Å². The molecule has 1 rings (SSSR count). The average Bonchev–Trinajstić information content (AvgIpc) is 2.43. The van der Waals surface area contributed by atoms with Gasteiger partial charge >= 0.3 is 12.1 Å². The first-order valence-electron chi connectivity index (χ1n) is 5.46. The molecule has 1 amide bonds. The Hall–Kier alpha value is -1.26. The first kappa shape index (κ1) is 12.8. The maximum absolute atomic E-state index is 11.8. The Morgan fingerprint density at radius 3 is 2.31 bits per heavy atom. The van der Waals surface area contributed by atoms with Gasteiger partial charge in [0, 0.05) is 6.04 Å². The third kappa shape index (κ3) is 2.87. The molecule has 0 saturated carbocycles. The van der Waals surface area contributed by atoms with Crippen LogP contribution in [0.2, 0.25) is 0 Å². The van der Waals surface area contributed by atoms with Crippen LogP contribution >= 0.6 is 0 Å². The molecule has 0 aromatic heterocycles. The Kier molecular flexibility index (Phi) is 3.45. The number of carbonyl (C=O) groups is 2. The summed E-state index contributed by atoms with van der Waals surface area (Å²) in [5, 5.41) is 9.02. The van der Waals surface area contributed by atoms with Gasteiger partial charge in [0.25, 0.3) is 0 Å². The SMILES string of the molecule is C[C@@H]1CC[C@H](C(=O)OC(C)(C)C)N1C(=O)O. The average molecular weight is 229 g/mol. The number of hydrogen-bond donors (Lipinski definition) is 1. The summed E-state index contributed by atoms with van der Waals surface area (Å²) in [7, 11) is 0. The van der Waals surface area contributed by atoms with Gasteiger partial charge in [-0.05, 0) is 40.5 Å². The molecule has 5 heteroatoms. The molecule has 92 valence electrons. The summed E-state index contributed by atoms with van der Waals surface area (Å²) >= 11 is 0. The van der Waals surface area contributed by atoms with Crippen LogP contribution < -0.4 is 0 Å². The van der Waals surface area contributed by atoms with Crippen molar-refractivity contribution in [2.24, 2.45) is 0 Å². The molecule has 1 aliphatic rings. The van der Waals surface area contributed by atoms with Gasteiger partial charge in [0.2, 0.25) is 0 Å². The summed E-state index contributed by atoms with van der Waals surface area (Å²) in [5.74, 6) is -0.445. The van der Waals surface area contributed by atoms with E-state index in [2.05, 4.69) is 0 Å². The van der Waals surface area contributed by atoms with E-state index in [1.54, 1.807) is 27.7 Å². The Labute approximate surface area is 95.4 Å². The van der Waals surface area contributed by atoms with Crippen molar-refractivity contribution < 1.29 is 19.4 Å². The van der Waals surface area contributed by atoms with E-state index in [0.29, 0.717) is 12.8 Å². The third-order valence-electron chi connectivity index (χ3n) is 2.57. The lowest BCUT2D eigenvalue weighted by Crippen LogP contribution is -2.45. The highest BCUT2D eigenvalue weighted by molar-refractivity contribution is 5.82. The van der Waals surface area contributed by atoms with Crippen LogP contribution in [0.4, 0.5) is 4.79 Å². The van der Waals surface area contributed by atoms with E-state index in [0.717, 1.165) is 0 Å². The van der Waals surface area contributed by atoms with Crippen molar-refractivity contribution in [3.05, 3.63) is 0 Å². The minimum atomic E-state index is -1.05. The van der Waals surface area contributed by atoms with Crippen molar-refractivity contribution in [1.82, 2.24) is 4.90 Å². The molecule has 2 atom stereocenters. The Morgan fingerprint density at radius 2 is 1.88 bits per heavy atom. The van der Waals surface area contributed by atoms with E-state index in [4.69, 9.17) is 9.84 Å². The zero-order chi connectivity index (χ0) is 12.5. The Balaban J connectivity index is 2.73. The van der Waals surface area contributed by atoms with Crippen LogP contribution in [0, 0.1) is 0 Å². The van der Waals surface area contributed by atoms with Gasteiger partial charge in [0.05, 0.1) is 0 Å². The van der Waals surface area contributed by atoms with Gasteiger partial charge in [-0.3, -0.25) is 4.90 Å². The van der Waals surface area contributed by atoms with Gasteiger partial charge in [-0.15, -0.1) is 0 Å². The number of hydrogen-bond acceptors (Lipinski definition) is 3. The van der Waals surface area contributed by atoms with Crippen LogP contribution in [0.15, 0.2) is 0 Å². The molecule has 1 fully saturated rings. The van der Waals surface area contributed by atoms with Crippen molar-refractivity contribution in [2.45, 2.75) is 58.2 Å². The van der Waals surface area contributed by atoms with Gasteiger partial charge in [0.15, 0.2) is 0 Å². The fraction of sp³-hybridized carbons (Fsp3) is 0.818. The molecule has 0 radical (unpaired) electrons. The molecule has 1 heterocycles. The number of carbonyl (C=O) groups excluding carboxylic acids is 1. The first-order chi connectivity index (χ1) is 7.22. The molecule has 0 spiro atoms. The number of likely N-dealkylation sites (tertiary alicyclic amines) is 1. The summed E-state index contributed by atoms with van der Waals surface area (Å²) in [6, 6.07) is -0.762. The smallest absolute Gasteiger partial charge is 0.408 e. The summed E-state index contributed by atoms with van der Waals surface area (Å²) < 4.78 is 5.21. The number of amides is 1. The number of esters is 1. The molecular weight excluding hydrogens is 210 g/mol. The normalized spacial score (nSPS) is 25.6. The summed E-state index contributed by atoms with van der Waals surface area (Å²) in [6.45, 7) is 7.12. The van der Waals surface area contributed by atoms with Crippen molar-refractivity contribution in [2.75, 3.05) is 0 Å². The summed E-state index contributed by atoms with van der Waals surface area (Å²) in [4.78, 5) is 24.0. The Bertz CT molecular complexity index is 295. The largest absolute Gasteiger partial charge is 0.465 e. The highest BCUT2D eigenvalue weighted by atomic mass is 16.6. The fourth-order valence-electron chi connectivity index (χ4n) is 1.91. The molecule has 0 unspecified atom stereocenters. The first-order valence-corrected chi connectivity index (χ1v) is 5.46. The van der Waals surface area contributed by atoms with Gasteiger partial charge in [0.1, 0.15) is 11.6 Å². The lowest BCUT2D eigenvalue weighted by Gasteiger charge is -2.27. The van der Waals surface area contributed by atoms with Crippen LogP contribution in [0.3, 0.4) is 0 Å². The second kappa shape index (κ2) is 4.31. The van der Waals surface area contributed by atoms with Gasteiger partial charge in [-0.25, -0.2) is 9.59 Å². The molecule has 0 aromatic carbocycles. The van der Waals surface area contributed by atoms with Gasteiger partial charge in [-0.2, -0.15) is 0 Å². The van der Waals surface area contributed by atoms with Crippen LogP contribution in [0.5, 0.6) is 0 Å². The molecule has 1 aliphatic heterocycles. The van der Waals surface area contributed by atoms with Crippen molar-refractivity contribution >= 4 is 12.1 Å². The van der Waals surface area contributed by atoms with E-state index in [1.807, 2.05) is 0 Å². The van der Waals surface area contributed by atoms with Gasteiger partial charge < -0.3 is 9.84 Å². The standard InChI is InChI=1S/C11H19NO4/c1-7-5-6-8(12(7)10(14)15)9(13)16-11(2,3)4/h7-8H,5-6H2,1-4H3,(H,14,15)/t7-,8-/m1/s1. The molecule has 1 N–H and O–H groups in total. The number of nitrogens with zero attached hydrogens (tertiary/aromatic N) is 1. The second-order valence-corrected chi connectivity index (χ2v) is 5.17. The molecule has 0 aliphatic carbocycles. The molecule has 1 saturated heterocycles. The highest BCUT2D eigenvalue weighted by Gasteiger charge is 2.40. The highest BCUT2D eigenvalue weighted by Crippen LogP contribution is 2.26. The van der Waals surface area contributed by atoms with Gasteiger partial charge in [-0.1, -0.05) is 0 Å². The minimum Gasteiger partial charge on any atom is -0.465 e. The Morgan fingerprint density at radius 1 is 1.31 bits per heavy atom.